The number of nitrogens with zero attached hydrogens (tertiary/aromatic N) is 3. The molecule has 0 atom stereocenters. The van der Waals surface area contributed by atoms with Crippen LogP contribution in [0.15, 0.2) is 46.2 Å². The van der Waals surface area contributed by atoms with Crippen LogP contribution in [0.25, 0.3) is 0 Å². The topological polar surface area (TPSA) is 87.3 Å². The van der Waals surface area contributed by atoms with E-state index in [4.69, 9.17) is 10.5 Å². The summed E-state index contributed by atoms with van der Waals surface area (Å²) in [7, 11) is 3.48. The second kappa shape index (κ2) is 6.76. The Labute approximate surface area is 118 Å². The van der Waals surface area contributed by atoms with Gasteiger partial charge in [0.05, 0.1) is 7.11 Å². The Hall–Kier alpha value is -2.28. The molecule has 1 aliphatic heterocycles. The van der Waals surface area contributed by atoms with Gasteiger partial charge in [-0.25, -0.2) is 5.01 Å². The molecular formula is C13H20N6O. The SMILES string of the molecule is CNCC1=C(OC)N(CCc2cccc(N)c2)NN=N1. The Morgan fingerprint density at radius 1 is 1.45 bits per heavy atom. The Bertz CT molecular complexity index is 513. The fourth-order valence-corrected chi connectivity index (χ4v) is 2.03. The van der Waals surface area contributed by atoms with Crippen molar-refractivity contribution in [3.05, 3.63) is 41.4 Å². The first-order chi connectivity index (χ1) is 9.74. The summed E-state index contributed by atoms with van der Waals surface area (Å²) in [5.74, 6) is 0.679. The molecule has 0 saturated heterocycles. The van der Waals surface area contributed by atoms with Gasteiger partial charge in [0, 0.05) is 18.8 Å². The van der Waals surface area contributed by atoms with Gasteiger partial charge in [0.1, 0.15) is 5.70 Å². The van der Waals surface area contributed by atoms with Crippen molar-refractivity contribution >= 4 is 5.69 Å². The van der Waals surface area contributed by atoms with Gasteiger partial charge in [-0.05, 0) is 31.2 Å². The predicted molar refractivity (Wildman–Crippen MR) is 77.2 cm³/mol. The van der Waals surface area contributed by atoms with Gasteiger partial charge < -0.3 is 15.8 Å². The van der Waals surface area contributed by atoms with Crippen LogP contribution >= 0.6 is 0 Å². The highest BCUT2D eigenvalue weighted by Crippen LogP contribution is 2.16. The van der Waals surface area contributed by atoms with Crippen molar-refractivity contribution in [2.45, 2.75) is 6.42 Å². The molecule has 0 saturated carbocycles. The largest absolute Gasteiger partial charge is 0.480 e. The van der Waals surface area contributed by atoms with E-state index in [1.165, 1.54) is 5.56 Å². The number of ether oxygens (including phenoxy) is 1. The van der Waals surface area contributed by atoms with Gasteiger partial charge in [0.15, 0.2) is 0 Å². The second-order valence-electron chi connectivity index (χ2n) is 4.43. The fraction of sp³-hybridized carbons (Fsp3) is 0.385. The molecule has 0 aromatic heterocycles. The van der Waals surface area contributed by atoms with Crippen LogP contribution in [-0.2, 0) is 11.2 Å². The molecule has 0 fully saturated rings. The van der Waals surface area contributed by atoms with Gasteiger partial charge >= 0.3 is 0 Å². The fourth-order valence-electron chi connectivity index (χ4n) is 2.03. The number of rotatable bonds is 6. The minimum Gasteiger partial charge on any atom is -0.480 e. The van der Waals surface area contributed by atoms with Crippen LogP contribution in [0.2, 0.25) is 0 Å². The third-order valence-electron chi connectivity index (χ3n) is 2.94. The molecule has 1 aromatic rings. The highest BCUT2D eigenvalue weighted by atomic mass is 16.5. The van der Waals surface area contributed by atoms with Crippen molar-refractivity contribution in [1.29, 1.82) is 0 Å². The number of likely N-dealkylation sites (N-methyl/N-ethyl adjacent to an activating group) is 1. The molecule has 0 radical (unpaired) electrons. The Kier molecular flexibility index (Phi) is 4.78. The van der Waals surface area contributed by atoms with E-state index in [1.807, 2.05) is 36.3 Å². The van der Waals surface area contributed by atoms with Crippen molar-refractivity contribution in [2.75, 3.05) is 33.0 Å². The van der Waals surface area contributed by atoms with E-state index in [2.05, 4.69) is 21.2 Å². The van der Waals surface area contributed by atoms with E-state index in [9.17, 15) is 0 Å². The summed E-state index contributed by atoms with van der Waals surface area (Å²) in [6.45, 7) is 1.31. The van der Waals surface area contributed by atoms with E-state index in [0.717, 1.165) is 17.8 Å². The Balaban J connectivity index is 2.03. The van der Waals surface area contributed by atoms with Gasteiger partial charge in [-0.15, -0.1) is 5.11 Å². The van der Waals surface area contributed by atoms with E-state index >= 15 is 0 Å². The number of methoxy groups -OCH3 is 1. The molecule has 20 heavy (non-hydrogen) atoms. The van der Waals surface area contributed by atoms with Crippen LogP contribution in [0.5, 0.6) is 0 Å². The highest BCUT2D eigenvalue weighted by Gasteiger charge is 2.19. The number of hydrogen-bond donors (Lipinski definition) is 3. The minimum atomic E-state index is 0.600. The molecule has 2 rings (SSSR count). The normalized spacial score (nSPS) is 14.4. The first-order valence-electron chi connectivity index (χ1n) is 6.44. The minimum absolute atomic E-state index is 0.600. The first-order valence-corrected chi connectivity index (χ1v) is 6.44. The molecule has 1 aliphatic rings. The lowest BCUT2D eigenvalue weighted by Gasteiger charge is -2.27. The molecule has 0 amide bonds. The van der Waals surface area contributed by atoms with Crippen LogP contribution in [0, 0.1) is 0 Å². The van der Waals surface area contributed by atoms with E-state index in [1.54, 1.807) is 7.11 Å². The van der Waals surface area contributed by atoms with Crippen molar-refractivity contribution in [3.63, 3.8) is 0 Å². The molecule has 7 nitrogen and oxygen atoms in total. The van der Waals surface area contributed by atoms with E-state index < -0.39 is 0 Å². The third-order valence-corrected chi connectivity index (χ3v) is 2.94. The van der Waals surface area contributed by atoms with E-state index in [0.29, 0.717) is 19.0 Å². The number of nitrogen functional groups attached to an aromatic ring is 1. The molecule has 0 bridgehead atoms. The predicted octanol–water partition coefficient (Wildman–Crippen LogP) is 1.03. The molecule has 0 spiro atoms. The first kappa shape index (κ1) is 14.1. The lowest BCUT2D eigenvalue weighted by atomic mass is 10.1. The maximum Gasteiger partial charge on any atom is 0.235 e. The summed E-state index contributed by atoms with van der Waals surface area (Å²) in [4.78, 5) is 0. The molecular weight excluding hydrogens is 256 g/mol. The maximum atomic E-state index is 5.78. The van der Waals surface area contributed by atoms with Crippen LogP contribution in [0.4, 0.5) is 5.69 Å². The van der Waals surface area contributed by atoms with Gasteiger partial charge in [0.2, 0.25) is 5.88 Å². The van der Waals surface area contributed by atoms with Gasteiger partial charge in [0.25, 0.3) is 0 Å². The zero-order valence-corrected chi connectivity index (χ0v) is 11.8. The molecule has 108 valence electrons. The molecule has 7 heteroatoms. The zero-order valence-electron chi connectivity index (χ0n) is 11.8. The smallest absolute Gasteiger partial charge is 0.235 e. The van der Waals surface area contributed by atoms with E-state index in [-0.39, 0.29) is 0 Å². The lowest BCUT2D eigenvalue weighted by Crippen LogP contribution is -2.39. The number of hydrazine groups is 1. The van der Waals surface area contributed by atoms with Crippen molar-refractivity contribution in [2.24, 2.45) is 10.3 Å². The van der Waals surface area contributed by atoms with Crippen LogP contribution in [0.1, 0.15) is 5.56 Å². The van der Waals surface area contributed by atoms with Crippen molar-refractivity contribution in [3.8, 4) is 0 Å². The standard InChI is InChI=1S/C13H20N6O/c1-15-9-12-13(20-2)19(18-17-16-12)7-6-10-4-3-5-11(14)8-10/h3-5,8,15H,6-7,9,14H2,1-2H3,(H,16,18). The molecule has 4 N–H and O–H groups in total. The molecule has 0 unspecified atom stereocenters. The van der Waals surface area contributed by atoms with Gasteiger partial charge in [-0.3, -0.25) is 0 Å². The number of nitrogens with two attached hydrogens (primary N) is 1. The lowest BCUT2D eigenvalue weighted by molar-refractivity contribution is 0.0942. The summed E-state index contributed by atoms with van der Waals surface area (Å²) >= 11 is 0. The summed E-state index contributed by atoms with van der Waals surface area (Å²) in [5.41, 5.74) is 11.3. The average molecular weight is 276 g/mol. The number of anilines is 1. The number of benzene rings is 1. The van der Waals surface area contributed by atoms with Crippen LogP contribution in [0.3, 0.4) is 0 Å². The molecule has 0 aliphatic carbocycles. The van der Waals surface area contributed by atoms with Crippen LogP contribution in [-0.4, -0.2) is 32.3 Å². The van der Waals surface area contributed by atoms with Gasteiger partial charge in [-0.1, -0.05) is 17.4 Å². The third kappa shape index (κ3) is 3.39. The highest BCUT2D eigenvalue weighted by molar-refractivity contribution is 5.40. The number of hydrogen-bond acceptors (Lipinski definition) is 7. The van der Waals surface area contributed by atoms with Crippen molar-refractivity contribution in [1.82, 2.24) is 15.9 Å². The zero-order chi connectivity index (χ0) is 14.4. The Morgan fingerprint density at radius 2 is 2.30 bits per heavy atom. The second-order valence-corrected chi connectivity index (χ2v) is 4.43. The monoisotopic (exact) mass is 276 g/mol. The summed E-state index contributed by atoms with van der Waals surface area (Å²) < 4.78 is 5.41. The summed E-state index contributed by atoms with van der Waals surface area (Å²) in [5, 5.41) is 12.8. The summed E-state index contributed by atoms with van der Waals surface area (Å²) in [6.07, 6.45) is 0.827. The molecule has 1 aromatic carbocycles. The van der Waals surface area contributed by atoms with Crippen molar-refractivity contribution < 1.29 is 4.74 Å². The quantitative estimate of drug-likeness (QED) is 0.676. The summed E-state index contributed by atoms with van der Waals surface area (Å²) in [6, 6.07) is 7.85. The van der Waals surface area contributed by atoms with Gasteiger partial charge in [-0.2, -0.15) is 5.53 Å². The number of nitrogens with one attached hydrogen (secondary N) is 2. The maximum absolute atomic E-state index is 5.78. The molecule has 1 heterocycles. The van der Waals surface area contributed by atoms with Crippen LogP contribution < -0.4 is 16.6 Å². The Morgan fingerprint density at radius 3 is 3.00 bits per heavy atom. The average Bonchev–Trinajstić information content (AvgIpc) is 2.45.